The lowest BCUT2D eigenvalue weighted by Gasteiger charge is -2.30. The molecule has 3 rings (SSSR count). The predicted molar refractivity (Wildman–Crippen MR) is 102 cm³/mol. The highest BCUT2D eigenvalue weighted by atomic mass is 35.5. The van der Waals surface area contributed by atoms with Gasteiger partial charge in [0.05, 0.1) is 11.4 Å². The first-order valence-electron chi connectivity index (χ1n) is 9.06. The van der Waals surface area contributed by atoms with Crippen LogP contribution >= 0.6 is 12.4 Å². The highest BCUT2D eigenvalue weighted by molar-refractivity contribution is 5.85. The van der Waals surface area contributed by atoms with E-state index >= 15 is 0 Å². The first kappa shape index (κ1) is 19.9. The molecule has 0 amide bonds. The third-order valence-electron chi connectivity index (χ3n) is 4.92. The van der Waals surface area contributed by atoms with Crippen molar-refractivity contribution in [2.24, 2.45) is 0 Å². The predicted octanol–water partition coefficient (Wildman–Crippen LogP) is 3.51. The zero-order valence-electron chi connectivity index (χ0n) is 15.2. The molecule has 0 radical (unpaired) electrons. The third kappa shape index (κ3) is 5.27. The van der Waals surface area contributed by atoms with Gasteiger partial charge in [0, 0.05) is 30.9 Å². The summed E-state index contributed by atoms with van der Waals surface area (Å²) in [6.07, 6.45) is 6.43. The quantitative estimate of drug-likeness (QED) is 0.850. The van der Waals surface area contributed by atoms with Crippen molar-refractivity contribution in [3.05, 3.63) is 47.1 Å². The lowest BCUT2D eigenvalue weighted by molar-refractivity contribution is 0.161. The van der Waals surface area contributed by atoms with E-state index < -0.39 is 0 Å². The van der Waals surface area contributed by atoms with Gasteiger partial charge in [-0.3, -0.25) is 9.88 Å². The second kappa shape index (κ2) is 9.90. The molecule has 0 saturated carbocycles. The van der Waals surface area contributed by atoms with E-state index in [1.54, 1.807) is 0 Å². The highest BCUT2D eigenvalue weighted by Gasteiger charge is 2.23. The molecule has 0 spiro atoms. The molecule has 1 fully saturated rings. The van der Waals surface area contributed by atoms with E-state index in [0.29, 0.717) is 6.04 Å². The molecule has 0 bridgehead atoms. The monoisotopic (exact) mass is 364 g/mol. The summed E-state index contributed by atoms with van der Waals surface area (Å²) in [5.41, 5.74) is 3.47. The largest absolute Gasteiger partial charge is 0.361 e. The lowest BCUT2D eigenvalue weighted by atomic mass is 10.0. The first-order chi connectivity index (χ1) is 11.8. The van der Waals surface area contributed by atoms with Gasteiger partial charge in [-0.05, 0) is 57.8 Å². The molecule has 2 aromatic rings. The number of pyridine rings is 1. The van der Waals surface area contributed by atoms with E-state index in [4.69, 9.17) is 4.52 Å². The molecule has 1 atom stereocenters. The number of hydrogen-bond donors (Lipinski definition) is 1. The fourth-order valence-electron chi connectivity index (χ4n) is 3.50. The van der Waals surface area contributed by atoms with Crippen LogP contribution in [-0.2, 0) is 19.5 Å². The molecule has 138 valence electrons. The van der Waals surface area contributed by atoms with Crippen molar-refractivity contribution in [3.8, 4) is 0 Å². The molecule has 5 nitrogen and oxygen atoms in total. The molecule has 2 aromatic heterocycles. The number of aromatic nitrogens is 2. The Labute approximate surface area is 156 Å². The van der Waals surface area contributed by atoms with Gasteiger partial charge >= 0.3 is 0 Å². The van der Waals surface area contributed by atoms with Crippen LogP contribution in [0.15, 0.2) is 28.9 Å². The van der Waals surface area contributed by atoms with Crippen LogP contribution in [0.3, 0.4) is 0 Å². The van der Waals surface area contributed by atoms with Gasteiger partial charge in [-0.25, -0.2) is 0 Å². The van der Waals surface area contributed by atoms with Gasteiger partial charge in [-0.15, -0.1) is 12.4 Å². The minimum Gasteiger partial charge on any atom is -0.361 e. The van der Waals surface area contributed by atoms with Crippen molar-refractivity contribution in [2.75, 3.05) is 13.1 Å². The molecule has 6 heteroatoms. The van der Waals surface area contributed by atoms with Crippen LogP contribution in [0.4, 0.5) is 0 Å². The van der Waals surface area contributed by atoms with E-state index in [1.165, 1.54) is 24.8 Å². The summed E-state index contributed by atoms with van der Waals surface area (Å²) in [5, 5.41) is 7.74. The van der Waals surface area contributed by atoms with Gasteiger partial charge in [0.1, 0.15) is 5.76 Å². The first-order valence-corrected chi connectivity index (χ1v) is 9.06. The Morgan fingerprint density at radius 3 is 2.88 bits per heavy atom. The van der Waals surface area contributed by atoms with Crippen LogP contribution in [0, 0.1) is 6.92 Å². The minimum atomic E-state index is 0. The smallest absolute Gasteiger partial charge is 0.138 e. The normalized spacial score (nSPS) is 18.0. The fraction of sp³-hybridized carbons (Fsp3) is 0.579. The maximum Gasteiger partial charge on any atom is 0.138 e. The summed E-state index contributed by atoms with van der Waals surface area (Å²) in [6, 6.07) is 6.73. The Bertz CT molecular complexity index is 624. The standard InChI is InChI=1S/C19H28N4O.ClH/c1-3-19-18(15(2)24-22-19)14-23(13-16-7-4-5-11-21-16)17-8-6-10-20-12-9-17;/h4-5,7,11,17,20H,3,6,8-10,12-14H2,1-2H3;1H. The summed E-state index contributed by atoms with van der Waals surface area (Å²) in [4.78, 5) is 7.10. The maximum atomic E-state index is 5.45. The third-order valence-corrected chi connectivity index (χ3v) is 4.92. The molecule has 0 aromatic carbocycles. The summed E-state index contributed by atoms with van der Waals surface area (Å²) in [7, 11) is 0. The number of hydrogen-bond acceptors (Lipinski definition) is 5. The van der Waals surface area contributed by atoms with Crippen molar-refractivity contribution in [1.82, 2.24) is 20.4 Å². The van der Waals surface area contributed by atoms with Crippen molar-refractivity contribution < 1.29 is 4.52 Å². The van der Waals surface area contributed by atoms with Crippen molar-refractivity contribution in [1.29, 1.82) is 0 Å². The summed E-state index contributed by atoms with van der Waals surface area (Å²) < 4.78 is 5.45. The number of nitrogens with one attached hydrogen (secondary N) is 1. The molecule has 25 heavy (non-hydrogen) atoms. The Balaban J connectivity index is 0.00000225. The number of rotatable bonds is 6. The SMILES string of the molecule is CCc1noc(C)c1CN(Cc1ccccn1)C1CCCNCC1.Cl. The molecule has 1 aliphatic heterocycles. The molecule has 3 heterocycles. The van der Waals surface area contributed by atoms with Gasteiger partial charge in [0.15, 0.2) is 0 Å². The van der Waals surface area contributed by atoms with Crippen molar-refractivity contribution in [2.45, 2.75) is 58.7 Å². The Morgan fingerprint density at radius 2 is 2.12 bits per heavy atom. The number of aryl methyl sites for hydroxylation is 2. The van der Waals surface area contributed by atoms with Crippen LogP contribution in [-0.4, -0.2) is 34.2 Å². The van der Waals surface area contributed by atoms with E-state index in [0.717, 1.165) is 49.7 Å². The van der Waals surface area contributed by atoms with Crippen molar-refractivity contribution in [3.63, 3.8) is 0 Å². The Kier molecular flexibility index (Phi) is 7.88. The van der Waals surface area contributed by atoms with Crippen LogP contribution < -0.4 is 5.32 Å². The fourth-order valence-corrected chi connectivity index (χ4v) is 3.50. The van der Waals surface area contributed by atoms with Gasteiger partial charge in [0.25, 0.3) is 0 Å². The zero-order chi connectivity index (χ0) is 16.8. The molecular formula is C19H29ClN4O. The average molecular weight is 365 g/mol. The van der Waals surface area contributed by atoms with Crippen LogP contribution in [0.5, 0.6) is 0 Å². The van der Waals surface area contributed by atoms with E-state index in [2.05, 4.69) is 39.4 Å². The molecule has 1 aliphatic rings. The minimum absolute atomic E-state index is 0. The van der Waals surface area contributed by atoms with Gasteiger partial charge in [-0.2, -0.15) is 0 Å². The molecule has 1 saturated heterocycles. The molecule has 1 N–H and O–H groups in total. The zero-order valence-corrected chi connectivity index (χ0v) is 16.0. The van der Waals surface area contributed by atoms with Crippen molar-refractivity contribution >= 4 is 12.4 Å². The summed E-state index contributed by atoms with van der Waals surface area (Å²) >= 11 is 0. The number of halogens is 1. The van der Waals surface area contributed by atoms with E-state index in [-0.39, 0.29) is 12.4 Å². The van der Waals surface area contributed by atoms with Gasteiger partial charge in [-0.1, -0.05) is 18.1 Å². The summed E-state index contributed by atoms with van der Waals surface area (Å²) in [5.74, 6) is 0.949. The van der Waals surface area contributed by atoms with Gasteiger partial charge < -0.3 is 9.84 Å². The lowest BCUT2D eigenvalue weighted by Crippen LogP contribution is -2.35. The average Bonchev–Trinajstić information content (AvgIpc) is 2.80. The second-order valence-electron chi connectivity index (χ2n) is 6.58. The summed E-state index contributed by atoms with van der Waals surface area (Å²) in [6.45, 7) is 8.14. The highest BCUT2D eigenvalue weighted by Crippen LogP contribution is 2.23. The van der Waals surface area contributed by atoms with Crippen LogP contribution in [0.2, 0.25) is 0 Å². The van der Waals surface area contributed by atoms with Gasteiger partial charge in [0.2, 0.25) is 0 Å². The van der Waals surface area contributed by atoms with E-state index in [1.807, 2.05) is 19.2 Å². The Morgan fingerprint density at radius 1 is 1.24 bits per heavy atom. The van der Waals surface area contributed by atoms with Crippen LogP contribution in [0.1, 0.15) is 48.9 Å². The van der Waals surface area contributed by atoms with E-state index in [9.17, 15) is 0 Å². The maximum absolute atomic E-state index is 5.45. The second-order valence-corrected chi connectivity index (χ2v) is 6.58. The number of nitrogens with zero attached hydrogens (tertiary/aromatic N) is 3. The Hall–Kier alpha value is -1.43. The molecular weight excluding hydrogens is 336 g/mol. The van der Waals surface area contributed by atoms with Crippen LogP contribution in [0.25, 0.3) is 0 Å². The molecule has 0 aliphatic carbocycles. The topological polar surface area (TPSA) is 54.2 Å². The molecule has 1 unspecified atom stereocenters.